The Morgan fingerprint density at radius 2 is 2.09 bits per heavy atom. The van der Waals surface area contributed by atoms with Crippen LogP contribution < -0.4 is 10.1 Å². The second-order valence-corrected chi connectivity index (χ2v) is 6.91. The monoisotopic (exact) mass is 328 g/mol. The van der Waals surface area contributed by atoms with Crippen molar-refractivity contribution in [2.45, 2.75) is 17.9 Å². The maximum Gasteiger partial charge on any atom is 0.341 e. The molecule has 0 amide bonds. The van der Waals surface area contributed by atoms with E-state index < -0.39 is 16.0 Å². The third kappa shape index (κ3) is 3.08. The minimum Gasteiger partial charge on any atom is -0.496 e. The van der Waals surface area contributed by atoms with E-state index in [1.54, 1.807) is 0 Å². The van der Waals surface area contributed by atoms with E-state index in [9.17, 15) is 13.2 Å². The molecule has 2 rings (SSSR count). The quantitative estimate of drug-likeness (QED) is 0.809. The van der Waals surface area contributed by atoms with Gasteiger partial charge in [0.1, 0.15) is 11.3 Å². The molecule has 0 aliphatic carbocycles. The summed E-state index contributed by atoms with van der Waals surface area (Å²) in [5.41, 5.74) is 0.192. The maximum atomic E-state index is 12.7. The SMILES string of the molecule is COC(=O)c1ccc(S(=O)(=O)N2CCNCC2C)cc1OC. The molecule has 0 spiro atoms. The Kier molecular flexibility index (Phi) is 5.05. The molecule has 1 aliphatic rings. The van der Waals surface area contributed by atoms with Gasteiger partial charge in [0, 0.05) is 31.7 Å². The molecule has 1 aromatic carbocycles. The number of carbonyl (C=O) groups is 1. The predicted molar refractivity (Wildman–Crippen MR) is 80.6 cm³/mol. The van der Waals surface area contributed by atoms with Crippen molar-refractivity contribution in [3.63, 3.8) is 0 Å². The van der Waals surface area contributed by atoms with Crippen molar-refractivity contribution in [3.05, 3.63) is 23.8 Å². The highest BCUT2D eigenvalue weighted by molar-refractivity contribution is 7.89. The van der Waals surface area contributed by atoms with Crippen LogP contribution in [0.25, 0.3) is 0 Å². The second-order valence-electron chi connectivity index (χ2n) is 5.02. The molecule has 0 bridgehead atoms. The van der Waals surface area contributed by atoms with Crippen LogP contribution in [0.4, 0.5) is 0 Å². The molecule has 1 fully saturated rings. The van der Waals surface area contributed by atoms with Gasteiger partial charge in [-0.25, -0.2) is 13.2 Å². The molecule has 7 nitrogen and oxygen atoms in total. The van der Waals surface area contributed by atoms with E-state index in [4.69, 9.17) is 4.74 Å². The van der Waals surface area contributed by atoms with E-state index >= 15 is 0 Å². The minimum atomic E-state index is -3.63. The number of esters is 1. The fourth-order valence-corrected chi connectivity index (χ4v) is 4.07. The molecule has 122 valence electrons. The number of methoxy groups -OCH3 is 2. The second kappa shape index (κ2) is 6.64. The van der Waals surface area contributed by atoms with Crippen molar-refractivity contribution in [1.29, 1.82) is 0 Å². The third-order valence-corrected chi connectivity index (χ3v) is 5.63. The van der Waals surface area contributed by atoms with Gasteiger partial charge in [0.2, 0.25) is 10.0 Å². The van der Waals surface area contributed by atoms with E-state index in [1.807, 2.05) is 6.92 Å². The lowest BCUT2D eigenvalue weighted by atomic mass is 10.2. The van der Waals surface area contributed by atoms with E-state index in [0.29, 0.717) is 19.6 Å². The van der Waals surface area contributed by atoms with Crippen LogP contribution in [0.3, 0.4) is 0 Å². The van der Waals surface area contributed by atoms with Gasteiger partial charge in [0.05, 0.1) is 19.1 Å². The van der Waals surface area contributed by atoms with Crippen LogP contribution in [0.1, 0.15) is 17.3 Å². The van der Waals surface area contributed by atoms with Crippen molar-refractivity contribution in [2.24, 2.45) is 0 Å². The average molecular weight is 328 g/mol. The van der Waals surface area contributed by atoms with Crippen molar-refractivity contribution < 1.29 is 22.7 Å². The Morgan fingerprint density at radius 3 is 2.68 bits per heavy atom. The lowest BCUT2D eigenvalue weighted by Crippen LogP contribution is -2.52. The van der Waals surface area contributed by atoms with Gasteiger partial charge in [-0.3, -0.25) is 0 Å². The van der Waals surface area contributed by atoms with Gasteiger partial charge in [-0.15, -0.1) is 0 Å². The first-order valence-electron chi connectivity index (χ1n) is 6.90. The number of ether oxygens (including phenoxy) is 2. The molecule has 1 aromatic rings. The van der Waals surface area contributed by atoms with Crippen LogP contribution in [0.15, 0.2) is 23.1 Å². The third-order valence-electron chi connectivity index (χ3n) is 3.63. The first-order valence-corrected chi connectivity index (χ1v) is 8.34. The zero-order chi connectivity index (χ0) is 16.3. The summed E-state index contributed by atoms with van der Waals surface area (Å²) >= 11 is 0. The number of hydrogen-bond acceptors (Lipinski definition) is 6. The topological polar surface area (TPSA) is 84.9 Å². The molecule has 0 saturated carbocycles. The summed E-state index contributed by atoms with van der Waals surface area (Å²) < 4.78 is 36.7. The number of piperazine rings is 1. The standard InChI is InChI=1S/C14H20N2O5S/c1-10-9-15-6-7-16(10)22(18,19)11-4-5-12(14(17)21-3)13(8-11)20-2/h4-5,8,10,15H,6-7,9H2,1-3H3. The molecule has 8 heteroatoms. The number of nitrogens with one attached hydrogen (secondary N) is 1. The molecule has 0 aromatic heterocycles. The molecule has 1 heterocycles. The van der Waals surface area contributed by atoms with E-state index in [1.165, 1.54) is 36.7 Å². The van der Waals surface area contributed by atoms with E-state index in [2.05, 4.69) is 10.1 Å². The van der Waals surface area contributed by atoms with Gasteiger partial charge in [-0.05, 0) is 19.1 Å². The van der Waals surface area contributed by atoms with E-state index in [0.717, 1.165) is 0 Å². The zero-order valence-corrected chi connectivity index (χ0v) is 13.6. The van der Waals surface area contributed by atoms with Crippen LogP contribution in [0.5, 0.6) is 5.75 Å². The van der Waals surface area contributed by atoms with Gasteiger partial charge in [0.25, 0.3) is 0 Å². The highest BCUT2D eigenvalue weighted by Gasteiger charge is 2.31. The Labute approximate surface area is 130 Å². The lowest BCUT2D eigenvalue weighted by molar-refractivity contribution is 0.0597. The van der Waals surface area contributed by atoms with E-state index in [-0.39, 0.29) is 22.3 Å². The van der Waals surface area contributed by atoms with Gasteiger partial charge < -0.3 is 14.8 Å². The van der Waals surface area contributed by atoms with Crippen molar-refractivity contribution in [2.75, 3.05) is 33.9 Å². The molecule has 1 atom stereocenters. The molecule has 1 aliphatic heterocycles. The maximum absolute atomic E-state index is 12.7. The Bertz CT molecular complexity index is 659. The van der Waals surface area contributed by atoms with Crippen LogP contribution in [0, 0.1) is 0 Å². The van der Waals surface area contributed by atoms with Gasteiger partial charge in [-0.2, -0.15) is 4.31 Å². The number of hydrogen-bond donors (Lipinski definition) is 1. The summed E-state index contributed by atoms with van der Waals surface area (Å²) in [6, 6.07) is 4.03. The zero-order valence-electron chi connectivity index (χ0n) is 12.8. The molecule has 22 heavy (non-hydrogen) atoms. The normalized spacial score (nSPS) is 19.7. The number of carbonyl (C=O) groups excluding carboxylic acids is 1. The average Bonchev–Trinajstić information content (AvgIpc) is 2.53. The number of nitrogens with zero attached hydrogens (tertiary/aromatic N) is 1. The molecular weight excluding hydrogens is 308 g/mol. The number of sulfonamides is 1. The number of benzene rings is 1. The minimum absolute atomic E-state index is 0.103. The summed E-state index contributed by atoms with van der Waals surface area (Å²) in [4.78, 5) is 11.7. The van der Waals surface area contributed by atoms with Crippen molar-refractivity contribution in [3.8, 4) is 5.75 Å². The molecule has 0 radical (unpaired) electrons. The van der Waals surface area contributed by atoms with Crippen LogP contribution >= 0.6 is 0 Å². The number of rotatable bonds is 4. The molecular formula is C14H20N2O5S. The first kappa shape index (κ1) is 16.7. The highest BCUT2D eigenvalue weighted by Crippen LogP contribution is 2.26. The van der Waals surface area contributed by atoms with Gasteiger partial charge in [0.15, 0.2) is 0 Å². The summed E-state index contributed by atoms with van der Waals surface area (Å²) in [5, 5.41) is 3.15. The summed E-state index contributed by atoms with van der Waals surface area (Å²) in [6.45, 7) is 3.48. The van der Waals surface area contributed by atoms with Crippen molar-refractivity contribution in [1.82, 2.24) is 9.62 Å². The lowest BCUT2D eigenvalue weighted by Gasteiger charge is -2.32. The molecule has 1 unspecified atom stereocenters. The van der Waals surface area contributed by atoms with Crippen LogP contribution in [0.2, 0.25) is 0 Å². The Balaban J connectivity index is 2.41. The molecule has 1 saturated heterocycles. The first-order chi connectivity index (χ1) is 10.4. The fourth-order valence-electron chi connectivity index (χ4n) is 2.43. The smallest absolute Gasteiger partial charge is 0.341 e. The van der Waals surface area contributed by atoms with Gasteiger partial charge >= 0.3 is 5.97 Å². The summed E-state index contributed by atoms with van der Waals surface area (Å²) in [5.74, 6) is -0.396. The Morgan fingerprint density at radius 1 is 1.36 bits per heavy atom. The largest absolute Gasteiger partial charge is 0.496 e. The highest BCUT2D eigenvalue weighted by atomic mass is 32.2. The van der Waals surface area contributed by atoms with Gasteiger partial charge in [-0.1, -0.05) is 0 Å². The summed E-state index contributed by atoms with van der Waals surface area (Å²) in [6.07, 6.45) is 0. The summed E-state index contributed by atoms with van der Waals surface area (Å²) in [7, 11) is -0.992. The predicted octanol–water partition coefficient (Wildman–Crippen LogP) is 0.464. The Hall–Kier alpha value is -1.64. The van der Waals surface area contributed by atoms with Crippen LogP contribution in [-0.4, -0.2) is 58.6 Å². The molecule has 1 N–H and O–H groups in total. The fraction of sp³-hybridized carbons (Fsp3) is 0.500. The van der Waals surface area contributed by atoms with Crippen LogP contribution in [-0.2, 0) is 14.8 Å². The van der Waals surface area contributed by atoms with Crippen molar-refractivity contribution >= 4 is 16.0 Å².